The Balaban J connectivity index is 2.27. The molecule has 1 aromatic heterocycles. The van der Waals surface area contributed by atoms with Crippen LogP contribution in [0.5, 0.6) is 0 Å². The van der Waals surface area contributed by atoms with Gasteiger partial charge in [-0.05, 0) is 18.0 Å². The summed E-state index contributed by atoms with van der Waals surface area (Å²) in [6.07, 6.45) is 4.73. The molecule has 0 amide bonds. The number of aryl methyl sites for hydroxylation is 1. The first-order valence-electron chi connectivity index (χ1n) is 3.81. The molecule has 1 aromatic rings. The van der Waals surface area contributed by atoms with Crippen LogP contribution >= 0.6 is 22.9 Å². The zero-order valence-corrected chi connectivity index (χ0v) is 8.08. The molecule has 1 heterocycles. The molecular formula is C7H11ClN2S. The molecule has 2 nitrogen and oxygen atoms in total. The van der Waals surface area contributed by atoms with Crippen LogP contribution in [-0.4, -0.2) is 10.2 Å². The SMILES string of the molecule is CCCCCc1nnc(Cl)s1. The Morgan fingerprint density at radius 2 is 2.18 bits per heavy atom. The van der Waals surface area contributed by atoms with Gasteiger partial charge >= 0.3 is 0 Å². The van der Waals surface area contributed by atoms with Crippen molar-refractivity contribution in [2.45, 2.75) is 32.6 Å². The van der Waals surface area contributed by atoms with Gasteiger partial charge in [-0.25, -0.2) is 0 Å². The first-order valence-corrected chi connectivity index (χ1v) is 5.00. The van der Waals surface area contributed by atoms with Gasteiger partial charge in [-0.3, -0.25) is 0 Å². The fraction of sp³-hybridized carbons (Fsp3) is 0.714. The van der Waals surface area contributed by atoms with E-state index in [-0.39, 0.29) is 0 Å². The van der Waals surface area contributed by atoms with Crippen LogP contribution in [0.3, 0.4) is 0 Å². The van der Waals surface area contributed by atoms with E-state index in [0.29, 0.717) is 4.47 Å². The Morgan fingerprint density at radius 1 is 1.36 bits per heavy atom. The van der Waals surface area contributed by atoms with E-state index in [4.69, 9.17) is 11.6 Å². The van der Waals surface area contributed by atoms with Gasteiger partial charge in [-0.15, -0.1) is 10.2 Å². The van der Waals surface area contributed by atoms with Gasteiger partial charge in [0.2, 0.25) is 4.47 Å². The van der Waals surface area contributed by atoms with E-state index in [1.165, 1.54) is 30.6 Å². The molecule has 0 spiro atoms. The van der Waals surface area contributed by atoms with Crippen molar-refractivity contribution in [2.24, 2.45) is 0 Å². The van der Waals surface area contributed by atoms with Gasteiger partial charge < -0.3 is 0 Å². The fourth-order valence-electron chi connectivity index (χ4n) is 0.860. The van der Waals surface area contributed by atoms with E-state index in [0.717, 1.165) is 11.4 Å². The maximum absolute atomic E-state index is 5.62. The lowest BCUT2D eigenvalue weighted by molar-refractivity contribution is 0.710. The van der Waals surface area contributed by atoms with Gasteiger partial charge in [-0.1, -0.05) is 31.1 Å². The summed E-state index contributed by atoms with van der Waals surface area (Å²) in [5.74, 6) is 0. The molecule has 0 N–H and O–H groups in total. The van der Waals surface area contributed by atoms with Crippen LogP contribution in [0.1, 0.15) is 31.2 Å². The van der Waals surface area contributed by atoms with Crippen LogP contribution in [0, 0.1) is 0 Å². The van der Waals surface area contributed by atoms with Crippen molar-refractivity contribution in [3.8, 4) is 0 Å². The zero-order valence-electron chi connectivity index (χ0n) is 6.51. The highest BCUT2D eigenvalue weighted by molar-refractivity contribution is 7.15. The summed E-state index contributed by atoms with van der Waals surface area (Å²) in [6, 6.07) is 0. The monoisotopic (exact) mass is 190 g/mol. The summed E-state index contributed by atoms with van der Waals surface area (Å²) in [6.45, 7) is 2.19. The molecule has 0 saturated carbocycles. The summed E-state index contributed by atoms with van der Waals surface area (Å²) < 4.78 is 0.552. The van der Waals surface area contributed by atoms with Crippen LogP contribution < -0.4 is 0 Å². The van der Waals surface area contributed by atoms with Crippen LogP contribution in [0.25, 0.3) is 0 Å². The number of hydrogen-bond donors (Lipinski definition) is 0. The Hall–Kier alpha value is -0.150. The number of nitrogens with zero attached hydrogens (tertiary/aromatic N) is 2. The molecule has 1 rings (SSSR count). The van der Waals surface area contributed by atoms with Crippen molar-refractivity contribution in [1.82, 2.24) is 10.2 Å². The Labute approximate surface area is 75.6 Å². The molecule has 0 aromatic carbocycles. The van der Waals surface area contributed by atoms with E-state index >= 15 is 0 Å². The van der Waals surface area contributed by atoms with E-state index < -0.39 is 0 Å². The maximum atomic E-state index is 5.62. The Bertz CT molecular complexity index is 212. The Kier molecular flexibility index (Phi) is 3.80. The Morgan fingerprint density at radius 3 is 2.73 bits per heavy atom. The normalized spacial score (nSPS) is 10.4. The fourth-order valence-corrected chi connectivity index (χ4v) is 1.77. The summed E-state index contributed by atoms with van der Waals surface area (Å²) >= 11 is 7.10. The number of aromatic nitrogens is 2. The molecule has 0 unspecified atom stereocenters. The number of rotatable bonds is 4. The van der Waals surface area contributed by atoms with E-state index in [9.17, 15) is 0 Å². The molecule has 0 aliphatic carbocycles. The molecular weight excluding hydrogens is 180 g/mol. The van der Waals surface area contributed by atoms with Gasteiger partial charge in [0, 0.05) is 6.42 Å². The third-order valence-electron chi connectivity index (χ3n) is 1.44. The third kappa shape index (κ3) is 3.16. The van der Waals surface area contributed by atoms with Crippen molar-refractivity contribution in [1.29, 1.82) is 0 Å². The van der Waals surface area contributed by atoms with Crippen LogP contribution in [0.2, 0.25) is 4.47 Å². The number of unbranched alkanes of at least 4 members (excludes halogenated alkanes) is 2. The predicted molar refractivity (Wildman–Crippen MR) is 48.1 cm³/mol. The zero-order chi connectivity index (χ0) is 8.10. The summed E-state index contributed by atoms with van der Waals surface area (Å²) in [5.41, 5.74) is 0. The highest BCUT2D eigenvalue weighted by Crippen LogP contribution is 2.16. The molecule has 0 aliphatic rings. The molecule has 0 fully saturated rings. The molecule has 0 radical (unpaired) electrons. The van der Waals surface area contributed by atoms with Gasteiger partial charge in [0.25, 0.3) is 0 Å². The minimum atomic E-state index is 0.552. The highest BCUT2D eigenvalue weighted by Gasteiger charge is 1.99. The molecule has 0 aliphatic heterocycles. The average Bonchev–Trinajstić information content (AvgIpc) is 2.37. The lowest BCUT2D eigenvalue weighted by Crippen LogP contribution is -1.83. The molecule has 0 saturated heterocycles. The lowest BCUT2D eigenvalue weighted by Gasteiger charge is -1.91. The summed E-state index contributed by atoms with van der Waals surface area (Å²) in [7, 11) is 0. The minimum absolute atomic E-state index is 0.552. The largest absolute Gasteiger partial charge is 0.207 e. The van der Waals surface area contributed by atoms with Crippen molar-refractivity contribution in [3.05, 3.63) is 9.47 Å². The van der Waals surface area contributed by atoms with Crippen molar-refractivity contribution in [2.75, 3.05) is 0 Å². The van der Waals surface area contributed by atoms with E-state index in [1.54, 1.807) is 0 Å². The molecule has 62 valence electrons. The highest BCUT2D eigenvalue weighted by atomic mass is 35.5. The van der Waals surface area contributed by atoms with Crippen molar-refractivity contribution >= 4 is 22.9 Å². The van der Waals surface area contributed by atoms with Crippen LogP contribution in [0.4, 0.5) is 0 Å². The smallest absolute Gasteiger partial charge is 0.142 e. The lowest BCUT2D eigenvalue weighted by atomic mass is 10.2. The molecule has 11 heavy (non-hydrogen) atoms. The second kappa shape index (κ2) is 4.67. The second-order valence-electron chi connectivity index (χ2n) is 2.41. The van der Waals surface area contributed by atoms with Gasteiger partial charge in [0.15, 0.2) is 0 Å². The van der Waals surface area contributed by atoms with Crippen molar-refractivity contribution in [3.63, 3.8) is 0 Å². The second-order valence-corrected chi connectivity index (χ2v) is 4.05. The maximum Gasteiger partial charge on any atom is 0.207 e. The average molecular weight is 191 g/mol. The molecule has 0 bridgehead atoms. The van der Waals surface area contributed by atoms with Gasteiger partial charge in [0.05, 0.1) is 0 Å². The summed E-state index contributed by atoms with van der Waals surface area (Å²) in [5, 5.41) is 8.71. The number of hydrogen-bond acceptors (Lipinski definition) is 3. The van der Waals surface area contributed by atoms with Gasteiger partial charge in [-0.2, -0.15) is 0 Å². The van der Waals surface area contributed by atoms with Crippen LogP contribution in [-0.2, 0) is 6.42 Å². The van der Waals surface area contributed by atoms with Crippen molar-refractivity contribution < 1.29 is 0 Å². The van der Waals surface area contributed by atoms with E-state index in [2.05, 4.69) is 17.1 Å². The standard InChI is InChI=1S/C7H11ClN2S/c1-2-3-4-5-6-9-10-7(8)11-6/h2-5H2,1H3. The number of halogens is 1. The first kappa shape index (κ1) is 8.94. The first-order chi connectivity index (χ1) is 5.33. The third-order valence-corrected chi connectivity index (χ3v) is 2.51. The minimum Gasteiger partial charge on any atom is -0.142 e. The molecule has 4 heteroatoms. The quantitative estimate of drug-likeness (QED) is 0.683. The van der Waals surface area contributed by atoms with E-state index in [1.807, 2.05) is 0 Å². The molecule has 0 atom stereocenters. The van der Waals surface area contributed by atoms with Gasteiger partial charge in [0.1, 0.15) is 5.01 Å². The summed E-state index contributed by atoms with van der Waals surface area (Å²) in [4.78, 5) is 0. The topological polar surface area (TPSA) is 25.8 Å². The van der Waals surface area contributed by atoms with Crippen LogP contribution in [0.15, 0.2) is 0 Å². The predicted octanol–water partition coefficient (Wildman–Crippen LogP) is 2.92.